The Morgan fingerprint density at radius 3 is 2.38 bits per heavy atom. The summed E-state index contributed by atoms with van der Waals surface area (Å²) in [5.41, 5.74) is 4.85. The predicted molar refractivity (Wildman–Crippen MR) is 129 cm³/mol. The third kappa shape index (κ3) is 5.14. The molecule has 0 atom stereocenters. The number of anilines is 1. The molecule has 2 amide bonds. The maximum absolute atomic E-state index is 13.6. The van der Waals surface area contributed by atoms with Crippen molar-refractivity contribution in [1.29, 1.82) is 0 Å². The first-order valence-corrected chi connectivity index (χ1v) is 11.7. The van der Waals surface area contributed by atoms with Crippen LogP contribution in [0.4, 0.5) is 27.6 Å². The summed E-state index contributed by atoms with van der Waals surface area (Å²) in [5.74, 6) is -1.81. The van der Waals surface area contributed by atoms with Gasteiger partial charge < -0.3 is 11.1 Å². The van der Waals surface area contributed by atoms with Gasteiger partial charge in [-0.1, -0.05) is 41.4 Å². The Labute approximate surface area is 215 Å². The van der Waals surface area contributed by atoms with Crippen LogP contribution in [-0.4, -0.2) is 26.6 Å². The van der Waals surface area contributed by atoms with Crippen LogP contribution in [0.5, 0.6) is 0 Å². The molecule has 0 aliphatic heterocycles. The Morgan fingerprint density at radius 1 is 1.19 bits per heavy atom. The monoisotopic (exact) mass is 557 g/mol. The van der Waals surface area contributed by atoms with Crippen molar-refractivity contribution in [2.45, 2.75) is 33.0 Å². The number of carbonyl (C=O) groups is 2. The minimum atomic E-state index is -4.78. The van der Waals surface area contributed by atoms with Crippen LogP contribution in [0.3, 0.4) is 0 Å². The number of amides is 2. The van der Waals surface area contributed by atoms with Crippen molar-refractivity contribution in [1.82, 2.24) is 14.8 Å². The highest BCUT2D eigenvalue weighted by molar-refractivity contribution is 7.21. The zero-order valence-electron chi connectivity index (χ0n) is 19.1. The van der Waals surface area contributed by atoms with Gasteiger partial charge in [-0.05, 0) is 31.0 Å². The second-order valence-corrected chi connectivity index (χ2v) is 9.44. The second-order valence-electron chi connectivity index (χ2n) is 8.06. The van der Waals surface area contributed by atoms with Crippen molar-refractivity contribution < 1.29 is 31.5 Å². The summed E-state index contributed by atoms with van der Waals surface area (Å²) in [6.45, 7) is 2.63. The Hall–Kier alpha value is -3.58. The lowest BCUT2D eigenvalue weighted by Crippen LogP contribution is -2.22. The fourth-order valence-corrected chi connectivity index (χ4v) is 4.88. The molecule has 3 heterocycles. The van der Waals surface area contributed by atoms with Crippen LogP contribution in [-0.2, 0) is 17.5 Å². The van der Waals surface area contributed by atoms with E-state index in [2.05, 4.69) is 15.4 Å². The summed E-state index contributed by atoms with van der Waals surface area (Å²) in [6, 6.07) is 7.40. The number of pyridine rings is 1. The smallest absolute Gasteiger partial charge is 0.365 e. The zero-order valence-corrected chi connectivity index (χ0v) is 20.7. The van der Waals surface area contributed by atoms with Crippen LogP contribution >= 0.6 is 22.9 Å². The number of hydrogen-bond acceptors (Lipinski definition) is 5. The first-order valence-electron chi connectivity index (χ1n) is 10.5. The number of aryl methyl sites for hydroxylation is 1. The molecule has 4 rings (SSSR count). The number of aromatic nitrogens is 3. The average molecular weight is 558 g/mol. The number of thiophene rings is 1. The van der Waals surface area contributed by atoms with E-state index in [1.807, 2.05) is 0 Å². The minimum Gasteiger partial charge on any atom is -0.365 e. The minimum absolute atomic E-state index is 0.0645. The molecule has 0 radical (unpaired) electrons. The number of nitrogens with one attached hydrogen (secondary N) is 1. The van der Waals surface area contributed by atoms with E-state index in [9.17, 15) is 31.5 Å². The van der Waals surface area contributed by atoms with Gasteiger partial charge in [-0.3, -0.25) is 14.3 Å². The van der Waals surface area contributed by atoms with E-state index in [0.29, 0.717) is 16.9 Å². The van der Waals surface area contributed by atoms with Gasteiger partial charge in [0, 0.05) is 5.39 Å². The lowest BCUT2D eigenvalue weighted by Gasteiger charge is -2.13. The topological polar surface area (TPSA) is 103 Å². The molecule has 14 heteroatoms. The van der Waals surface area contributed by atoms with E-state index in [1.165, 1.54) is 6.92 Å². The average Bonchev–Trinajstić information content (AvgIpc) is 3.31. The molecule has 3 N–H and O–H groups in total. The molecule has 0 saturated heterocycles. The van der Waals surface area contributed by atoms with Gasteiger partial charge in [-0.15, -0.1) is 11.3 Å². The van der Waals surface area contributed by atoms with Crippen molar-refractivity contribution in [3.63, 3.8) is 0 Å². The van der Waals surface area contributed by atoms with Crippen molar-refractivity contribution in [2.24, 2.45) is 5.73 Å². The molecule has 0 fully saturated rings. The normalized spacial score (nSPS) is 11.9. The van der Waals surface area contributed by atoms with E-state index >= 15 is 0 Å². The fraction of sp³-hybridized carbons (Fsp3) is 0.217. The summed E-state index contributed by atoms with van der Waals surface area (Å²) < 4.78 is 68.1. The number of hydrogen-bond donors (Lipinski definition) is 2. The van der Waals surface area contributed by atoms with Gasteiger partial charge in [0.1, 0.15) is 27.6 Å². The molecule has 1 aromatic carbocycles. The molecule has 0 saturated carbocycles. The largest absolute Gasteiger partial charge is 0.433 e. The molecule has 3 aromatic heterocycles. The predicted octanol–water partition coefficient (Wildman–Crippen LogP) is 6.12. The molecule has 194 valence electrons. The van der Waals surface area contributed by atoms with Crippen LogP contribution in [0.25, 0.3) is 21.3 Å². The highest BCUT2D eigenvalue weighted by atomic mass is 35.5. The lowest BCUT2D eigenvalue weighted by atomic mass is 10.00. The van der Waals surface area contributed by atoms with Crippen LogP contribution in [0, 0.1) is 13.8 Å². The Morgan fingerprint density at radius 2 is 1.84 bits per heavy atom. The number of fused-ring (bicyclic) bond motifs is 1. The first-order chi connectivity index (χ1) is 17.3. The Balaban J connectivity index is 1.86. The van der Waals surface area contributed by atoms with E-state index < -0.39 is 42.3 Å². The van der Waals surface area contributed by atoms with E-state index in [0.717, 1.165) is 16.3 Å². The van der Waals surface area contributed by atoms with Crippen molar-refractivity contribution in [3.05, 3.63) is 62.9 Å². The second kappa shape index (κ2) is 9.71. The van der Waals surface area contributed by atoms with Gasteiger partial charge in [-0.25, -0.2) is 13.8 Å². The van der Waals surface area contributed by atoms with E-state index in [1.54, 1.807) is 31.2 Å². The molecule has 0 aliphatic rings. The van der Waals surface area contributed by atoms with Gasteiger partial charge in [0.2, 0.25) is 5.91 Å². The summed E-state index contributed by atoms with van der Waals surface area (Å²) >= 11 is 6.47. The third-order valence-corrected chi connectivity index (χ3v) is 7.03. The summed E-state index contributed by atoms with van der Waals surface area (Å²) in [7, 11) is 0. The van der Waals surface area contributed by atoms with Crippen LogP contribution in [0.15, 0.2) is 30.3 Å². The summed E-state index contributed by atoms with van der Waals surface area (Å²) in [5, 5.41) is 5.92. The molecule has 0 bridgehead atoms. The quantitative estimate of drug-likeness (QED) is 0.279. The van der Waals surface area contributed by atoms with Crippen LogP contribution in [0.1, 0.15) is 38.7 Å². The van der Waals surface area contributed by atoms with E-state index in [4.69, 9.17) is 17.3 Å². The van der Waals surface area contributed by atoms with Crippen LogP contribution in [0.2, 0.25) is 5.02 Å². The highest BCUT2D eigenvalue weighted by Gasteiger charge is 2.35. The molecule has 37 heavy (non-hydrogen) atoms. The molecular formula is C23H17ClF5N5O2S. The molecule has 0 aliphatic carbocycles. The van der Waals surface area contributed by atoms with Gasteiger partial charge in [0.05, 0.1) is 16.4 Å². The molecule has 0 unspecified atom stereocenters. The van der Waals surface area contributed by atoms with Crippen molar-refractivity contribution in [2.75, 3.05) is 5.32 Å². The van der Waals surface area contributed by atoms with Crippen molar-refractivity contribution in [3.8, 4) is 11.1 Å². The Kier molecular flexibility index (Phi) is 6.95. The standard InChI is InChI=1S/C23H17ClF5N5O2S/c1-9-3-5-11(6-4-9)12-7-13(23(27,28)29)31-22-15(12)17(19(37-22)21(30)36)32-14(35)8-34-10(2)16(24)18(33-34)20(25)26/h3-7,20H,8H2,1-2H3,(H2,30,36)(H,32,35). The number of nitrogens with zero attached hydrogens (tertiary/aromatic N) is 3. The number of primary amides is 1. The van der Waals surface area contributed by atoms with Gasteiger partial charge in [-0.2, -0.15) is 18.3 Å². The number of halogens is 6. The maximum atomic E-state index is 13.6. The molecule has 4 aromatic rings. The first kappa shape index (κ1) is 26.5. The maximum Gasteiger partial charge on any atom is 0.433 e. The summed E-state index contributed by atoms with van der Waals surface area (Å²) in [4.78, 5) is 28.4. The number of rotatable bonds is 6. The molecular weight excluding hydrogens is 541 g/mol. The van der Waals surface area contributed by atoms with E-state index in [-0.39, 0.29) is 37.1 Å². The molecule has 7 nitrogen and oxygen atoms in total. The number of benzene rings is 1. The number of alkyl halides is 5. The zero-order chi connectivity index (χ0) is 27.2. The van der Waals surface area contributed by atoms with Gasteiger partial charge >= 0.3 is 6.18 Å². The number of nitrogens with two attached hydrogens (primary N) is 1. The van der Waals surface area contributed by atoms with Gasteiger partial charge in [0.25, 0.3) is 12.3 Å². The Bertz CT molecular complexity index is 1530. The number of carbonyl (C=O) groups excluding carboxylic acids is 2. The lowest BCUT2D eigenvalue weighted by molar-refractivity contribution is -0.140. The third-order valence-electron chi connectivity index (χ3n) is 5.46. The van der Waals surface area contributed by atoms with Crippen molar-refractivity contribution >= 4 is 50.7 Å². The SMILES string of the molecule is Cc1ccc(-c2cc(C(F)(F)F)nc3sc(C(N)=O)c(NC(=O)Cn4nc(C(F)F)c(Cl)c4C)c23)cc1. The van der Waals surface area contributed by atoms with Gasteiger partial charge in [0.15, 0.2) is 0 Å². The molecule has 0 spiro atoms. The van der Waals surface area contributed by atoms with Crippen LogP contribution < -0.4 is 11.1 Å². The fourth-order valence-electron chi connectivity index (χ4n) is 3.65. The highest BCUT2D eigenvalue weighted by Crippen LogP contribution is 2.43. The summed E-state index contributed by atoms with van der Waals surface area (Å²) in [6.07, 6.45) is -7.75.